The van der Waals surface area contributed by atoms with Crippen molar-refractivity contribution in [3.8, 4) is 5.75 Å². The minimum absolute atomic E-state index is 0.0427. The van der Waals surface area contributed by atoms with Crippen LogP contribution in [-0.2, 0) is 25.5 Å². The van der Waals surface area contributed by atoms with Gasteiger partial charge in [-0.1, -0.05) is 32.9 Å². The van der Waals surface area contributed by atoms with Crippen LogP contribution in [0.1, 0.15) is 40.2 Å². The Morgan fingerprint density at radius 2 is 1.97 bits per heavy atom. The molecule has 1 amide bonds. The normalized spacial score (nSPS) is 23.1. The van der Waals surface area contributed by atoms with Gasteiger partial charge in [-0.3, -0.25) is 4.79 Å². The van der Waals surface area contributed by atoms with Crippen molar-refractivity contribution in [2.45, 2.75) is 77.7 Å². The molecule has 0 aliphatic carbocycles. The summed E-state index contributed by atoms with van der Waals surface area (Å²) in [4.78, 5) is 22.9. The van der Waals surface area contributed by atoms with Crippen molar-refractivity contribution >= 4 is 11.9 Å². The number of benzene rings is 1. The predicted molar refractivity (Wildman–Crippen MR) is 117 cm³/mol. The molecule has 1 fully saturated rings. The molecule has 0 saturated carbocycles. The van der Waals surface area contributed by atoms with Gasteiger partial charge in [0.25, 0.3) is 0 Å². The van der Waals surface area contributed by atoms with E-state index < -0.39 is 36.6 Å². The van der Waals surface area contributed by atoms with Crippen LogP contribution in [0.15, 0.2) is 24.3 Å². The highest BCUT2D eigenvalue weighted by Crippen LogP contribution is 2.23. The molecule has 5 atom stereocenters. The van der Waals surface area contributed by atoms with Crippen LogP contribution < -0.4 is 15.4 Å². The summed E-state index contributed by atoms with van der Waals surface area (Å²) in [6, 6.07) is 3.93. The highest BCUT2D eigenvalue weighted by molar-refractivity contribution is 5.78. The number of morpholine rings is 1. The van der Waals surface area contributed by atoms with Crippen molar-refractivity contribution in [1.29, 1.82) is 0 Å². The third-order valence-electron chi connectivity index (χ3n) is 5.02. The van der Waals surface area contributed by atoms with Gasteiger partial charge in [0.15, 0.2) is 6.29 Å². The summed E-state index contributed by atoms with van der Waals surface area (Å²) in [6.07, 6.45) is -6.63. The van der Waals surface area contributed by atoms with E-state index in [9.17, 15) is 27.9 Å². The Labute approximate surface area is 197 Å². The number of hydrogen-bond acceptors (Lipinski definition) is 7. The molecule has 1 saturated heterocycles. The molecule has 192 valence electrons. The number of amides is 1. The van der Waals surface area contributed by atoms with E-state index in [0.717, 1.165) is 0 Å². The van der Waals surface area contributed by atoms with E-state index in [4.69, 9.17) is 9.47 Å². The molecule has 1 aliphatic heterocycles. The second kappa shape index (κ2) is 11.5. The van der Waals surface area contributed by atoms with Gasteiger partial charge in [-0.15, -0.1) is 0 Å². The maximum absolute atomic E-state index is 12.5. The molecule has 0 spiro atoms. The Morgan fingerprint density at radius 1 is 1.29 bits per heavy atom. The quantitative estimate of drug-likeness (QED) is 0.379. The number of hydrogen-bond donors (Lipinski definition) is 3. The molecule has 0 radical (unpaired) electrons. The molecule has 1 aliphatic rings. The van der Waals surface area contributed by atoms with E-state index >= 15 is 0 Å². The van der Waals surface area contributed by atoms with Crippen LogP contribution in [0.5, 0.6) is 5.75 Å². The van der Waals surface area contributed by atoms with Gasteiger partial charge in [0.1, 0.15) is 5.75 Å². The number of carbonyl (C=O) groups is 2. The fourth-order valence-corrected chi connectivity index (χ4v) is 3.48. The lowest BCUT2D eigenvalue weighted by Gasteiger charge is -2.40. The maximum atomic E-state index is 12.5. The van der Waals surface area contributed by atoms with Crippen LogP contribution in [-0.4, -0.2) is 66.9 Å². The Hall–Kier alpha value is -2.21. The number of halogens is 3. The molecule has 3 N–H and O–H groups in total. The van der Waals surface area contributed by atoms with Crippen LogP contribution in [0.2, 0.25) is 0 Å². The Kier molecular flexibility index (Phi) is 9.46. The summed E-state index contributed by atoms with van der Waals surface area (Å²) >= 11 is 0. The van der Waals surface area contributed by atoms with Gasteiger partial charge in [-0.25, -0.2) is 4.79 Å². The molecule has 1 heterocycles. The van der Waals surface area contributed by atoms with Gasteiger partial charge in [-0.05, 0) is 36.5 Å². The number of carbonyl (C=O) groups excluding carboxylic acids is 2. The van der Waals surface area contributed by atoms with E-state index in [1.165, 1.54) is 25.1 Å². The fourth-order valence-electron chi connectivity index (χ4n) is 3.48. The van der Waals surface area contributed by atoms with Crippen molar-refractivity contribution in [1.82, 2.24) is 10.6 Å². The van der Waals surface area contributed by atoms with Crippen molar-refractivity contribution < 1.29 is 42.1 Å². The first-order valence-corrected chi connectivity index (χ1v) is 11.0. The molecule has 0 aromatic heterocycles. The molecule has 34 heavy (non-hydrogen) atoms. The number of ether oxygens (including phenoxy) is 3. The maximum Gasteiger partial charge on any atom is 0.491 e. The van der Waals surface area contributed by atoms with E-state index in [2.05, 4.69) is 15.4 Å². The number of rotatable bonds is 8. The van der Waals surface area contributed by atoms with Gasteiger partial charge >= 0.3 is 12.1 Å². The molecule has 2 rings (SSSR count). The molecule has 1 aromatic rings. The minimum Gasteiger partial charge on any atom is -0.420 e. The van der Waals surface area contributed by atoms with Gasteiger partial charge < -0.3 is 30.0 Å². The number of aliphatic hydroxyl groups excluding tert-OH is 1. The molecule has 1 aromatic carbocycles. The first-order valence-electron chi connectivity index (χ1n) is 11.0. The lowest BCUT2D eigenvalue weighted by Crippen LogP contribution is -2.62. The van der Waals surface area contributed by atoms with Crippen LogP contribution in [0, 0.1) is 5.41 Å². The summed E-state index contributed by atoms with van der Waals surface area (Å²) in [5, 5.41) is 16.9. The third-order valence-corrected chi connectivity index (χ3v) is 5.02. The van der Waals surface area contributed by atoms with Crippen molar-refractivity contribution in [3.63, 3.8) is 0 Å². The average Bonchev–Trinajstić information content (AvgIpc) is 2.70. The lowest BCUT2D eigenvalue weighted by molar-refractivity contribution is -0.201. The van der Waals surface area contributed by atoms with E-state index in [-0.39, 0.29) is 36.1 Å². The molecular formula is C23H33F3N2O6. The van der Waals surface area contributed by atoms with Crippen LogP contribution >= 0.6 is 0 Å². The number of alkyl halides is 3. The number of aliphatic hydroxyl groups is 1. The molecule has 0 bridgehead atoms. The smallest absolute Gasteiger partial charge is 0.420 e. The monoisotopic (exact) mass is 490 g/mol. The van der Waals surface area contributed by atoms with Gasteiger partial charge in [0.05, 0.1) is 37.4 Å². The first kappa shape index (κ1) is 28.0. The third kappa shape index (κ3) is 8.86. The largest absolute Gasteiger partial charge is 0.491 e. The van der Waals surface area contributed by atoms with Crippen LogP contribution in [0.25, 0.3) is 0 Å². The first-order chi connectivity index (χ1) is 15.7. The van der Waals surface area contributed by atoms with E-state index in [0.29, 0.717) is 12.2 Å². The average molecular weight is 491 g/mol. The van der Waals surface area contributed by atoms with Crippen LogP contribution in [0.3, 0.4) is 0 Å². The summed E-state index contributed by atoms with van der Waals surface area (Å²) in [5.41, 5.74) is 0.417. The topological polar surface area (TPSA) is 106 Å². The summed E-state index contributed by atoms with van der Waals surface area (Å²) in [5.74, 6) is -3.01. The highest BCUT2D eigenvalue weighted by atomic mass is 19.4. The zero-order valence-corrected chi connectivity index (χ0v) is 19.9. The molecule has 0 unspecified atom stereocenters. The standard InChI is InChI=1S/C23H33F3N2O6/c1-13-20(33-12-22(3,4)5)32-11-18(27-13)19(30)17(28-14(2)29)10-15-7-6-8-16(9-15)34-21(31)23(24,25)26/h6-9,13,17-20,27,30H,10-12H2,1-5H3,(H,28,29)/t13-,17-,18+,19-,20-/m0/s1. The second-order valence-electron chi connectivity index (χ2n) is 9.67. The van der Waals surface area contributed by atoms with Crippen molar-refractivity contribution in [2.75, 3.05) is 13.2 Å². The van der Waals surface area contributed by atoms with Crippen molar-refractivity contribution in [3.05, 3.63) is 29.8 Å². The van der Waals surface area contributed by atoms with E-state index in [1.54, 1.807) is 6.07 Å². The van der Waals surface area contributed by atoms with Gasteiger partial charge in [0.2, 0.25) is 5.91 Å². The summed E-state index contributed by atoms with van der Waals surface area (Å²) in [7, 11) is 0. The Bertz CT molecular complexity index is 843. The molecule has 8 nitrogen and oxygen atoms in total. The lowest BCUT2D eigenvalue weighted by atomic mass is 9.95. The minimum atomic E-state index is -5.12. The highest BCUT2D eigenvalue weighted by Gasteiger charge is 2.41. The van der Waals surface area contributed by atoms with Crippen molar-refractivity contribution in [2.24, 2.45) is 5.41 Å². The Morgan fingerprint density at radius 3 is 2.53 bits per heavy atom. The Balaban J connectivity index is 2.06. The summed E-state index contributed by atoms with van der Waals surface area (Å²) < 4.78 is 53.4. The van der Waals surface area contributed by atoms with Gasteiger partial charge in [0, 0.05) is 6.92 Å². The summed E-state index contributed by atoms with van der Waals surface area (Å²) in [6.45, 7) is 9.89. The second-order valence-corrected chi connectivity index (χ2v) is 9.67. The molecule has 11 heteroatoms. The zero-order chi connectivity index (χ0) is 25.7. The van der Waals surface area contributed by atoms with Gasteiger partial charge in [-0.2, -0.15) is 13.2 Å². The predicted octanol–water partition coefficient (Wildman–Crippen LogP) is 2.33. The number of nitrogens with one attached hydrogen (secondary N) is 2. The number of esters is 1. The zero-order valence-electron chi connectivity index (χ0n) is 19.9. The molecular weight excluding hydrogens is 457 g/mol. The van der Waals surface area contributed by atoms with Crippen LogP contribution in [0.4, 0.5) is 13.2 Å². The van der Waals surface area contributed by atoms with E-state index in [1.807, 2.05) is 27.7 Å². The SMILES string of the molecule is CC(=O)N[C@@H](Cc1cccc(OC(=O)C(F)(F)F)c1)[C@H](O)[C@H]1CO[C@@H](OCC(C)(C)C)[C@H](C)N1. The fraction of sp³-hybridized carbons (Fsp3) is 0.652.